The highest BCUT2D eigenvalue weighted by molar-refractivity contribution is 6.32. The number of carbonyl (C=O) groups excluding carboxylic acids is 2. The summed E-state index contributed by atoms with van der Waals surface area (Å²) in [5.74, 6) is -2.33. The van der Waals surface area contributed by atoms with E-state index < -0.39 is 114 Å². The lowest BCUT2D eigenvalue weighted by Crippen LogP contribution is -2.61. The lowest BCUT2D eigenvalue weighted by atomic mass is 9.77. The molecular formula is C52H87ClN6O15. The summed E-state index contributed by atoms with van der Waals surface area (Å²) in [5.41, 5.74) is -3.96. The van der Waals surface area contributed by atoms with Gasteiger partial charge in [-0.1, -0.05) is 37.6 Å². The molecule has 1 aromatic carbocycles. The van der Waals surface area contributed by atoms with E-state index in [9.17, 15) is 35.1 Å². The number of ether oxygens (including phenoxy) is 8. The minimum absolute atomic E-state index is 0.0913. The van der Waals surface area contributed by atoms with Crippen molar-refractivity contribution < 1.29 is 73.0 Å². The molecule has 1 unspecified atom stereocenters. The molecule has 4 fully saturated rings. The first kappa shape index (κ1) is 60.2. The second-order valence-electron chi connectivity index (χ2n) is 22.6. The SMILES string of the molecule is CC[C@H]1OC(=O)[C@H](C)[C@@H](O[C@H]2C[C@@](C)(OC)[C@@H](O)[C@H](C)O2)[C@H](C)[C@@H](O[C@@H]2O[C@H](C)C[C@H](N(C)CCC3CN(C[C@H]4CN(c5ccc(OC)c(Cl)c5)C(=O)O4)N=N3)[C@H]2O)[C@](C)(O)C[C@@H](C)CN(C)[C@H](C)[C@@H](O)[C@]1(C)O. The third kappa shape index (κ3) is 13.6. The van der Waals surface area contributed by atoms with Gasteiger partial charge in [0.25, 0.3) is 0 Å². The van der Waals surface area contributed by atoms with E-state index in [1.54, 1.807) is 64.8 Å². The molecule has 4 saturated heterocycles. The van der Waals surface area contributed by atoms with Crippen molar-refractivity contribution in [2.45, 2.75) is 204 Å². The summed E-state index contributed by atoms with van der Waals surface area (Å²) >= 11 is 6.33. The van der Waals surface area contributed by atoms with E-state index in [1.807, 2.05) is 39.8 Å². The number of amides is 1. The predicted molar refractivity (Wildman–Crippen MR) is 274 cm³/mol. The molecule has 21 nitrogen and oxygen atoms in total. The van der Waals surface area contributed by atoms with Gasteiger partial charge >= 0.3 is 12.1 Å². The number of halogens is 1. The fourth-order valence-corrected chi connectivity index (χ4v) is 12.0. The normalized spacial score (nSPS) is 42.3. The van der Waals surface area contributed by atoms with Crippen molar-refractivity contribution in [2.75, 3.05) is 65.9 Å². The van der Waals surface area contributed by atoms with Gasteiger partial charge in [-0.25, -0.2) is 4.79 Å². The Labute approximate surface area is 442 Å². The number of cyclic esters (lactones) is 2. The minimum atomic E-state index is -1.85. The fourth-order valence-electron chi connectivity index (χ4n) is 11.8. The van der Waals surface area contributed by atoms with Crippen LogP contribution in [0.4, 0.5) is 10.5 Å². The molecule has 0 bridgehead atoms. The van der Waals surface area contributed by atoms with Gasteiger partial charge in [0.15, 0.2) is 12.6 Å². The van der Waals surface area contributed by atoms with Crippen LogP contribution in [-0.2, 0) is 38.0 Å². The van der Waals surface area contributed by atoms with Gasteiger partial charge < -0.3 is 73.2 Å². The van der Waals surface area contributed by atoms with Gasteiger partial charge in [0.1, 0.15) is 41.9 Å². The third-order valence-corrected chi connectivity index (χ3v) is 16.7. The minimum Gasteiger partial charge on any atom is -0.495 e. The Morgan fingerprint density at radius 2 is 1.64 bits per heavy atom. The van der Waals surface area contributed by atoms with Crippen LogP contribution in [0.5, 0.6) is 5.75 Å². The molecule has 20 atom stereocenters. The highest BCUT2D eigenvalue weighted by Crippen LogP contribution is 2.41. The zero-order chi connectivity index (χ0) is 54.8. The molecule has 0 aliphatic carbocycles. The van der Waals surface area contributed by atoms with Crippen LogP contribution in [0.15, 0.2) is 28.5 Å². The van der Waals surface area contributed by atoms with Gasteiger partial charge in [0.05, 0.1) is 79.3 Å². The largest absolute Gasteiger partial charge is 0.495 e. The van der Waals surface area contributed by atoms with Crippen LogP contribution in [0, 0.1) is 17.8 Å². The monoisotopic (exact) mass is 1070 g/mol. The molecule has 6 rings (SSSR count). The molecule has 0 aromatic heterocycles. The highest BCUT2D eigenvalue weighted by Gasteiger charge is 2.53. The van der Waals surface area contributed by atoms with Crippen LogP contribution in [-0.4, -0.2) is 216 Å². The van der Waals surface area contributed by atoms with E-state index in [2.05, 4.69) is 15.2 Å². The Balaban J connectivity index is 1.20. The summed E-state index contributed by atoms with van der Waals surface area (Å²) in [6.07, 6.45) is -9.54. The van der Waals surface area contributed by atoms with Crippen LogP contribution in [0.2, 0.25) is 5.02 Å². The standard InChI is InChI=1S/C52H87ClN6O15/c1-15-40-52(10,66)44(61)32(6)57(12)24-28(2)22-50(8,65)46(30(4)43(31(5)47(63)72-40)73-41-23-51(9,68-14)45(62)33(7)70-41)74-48-42(60)38(20-29(3)69-48)56(11)19-18-34-25-58(55-54-34)26-36-27-59(49(64)71-36)35-16-17-39(67-13)37(53)21-35/h16-17,21,28-34,36,38,40-46,48,60-62,65-66H,15,18-20,22-27H2,1-14H3/t28-,29-,30+,31-,32-,33+,34?,36+,38+,40-,41+,42-,43+,44-,45+,46-,48+,50-,51-,52-/m1/s1. The average molecular weight is 1070 g/mol. The van der Waals surface area contributed by atoms with Crippen molar-refractivity contribution in [1.82, 2.24) is 14.8 Å². The van der Waals surface area contributed by atoms with E-state index in [4.69, 9.17) is 49.5 Å². The van der Waals surface area contributed by atoms with E-state index in [0.29, 0.717) is 62.0 Å². The number of benzene rings is 1. The van der Waals surface area contributed by atoms with E-state index in [0.717, 1.165) is 0 Å². The van der Waals surface area contributed by atoms with E-state index >= 15 is 0 Å². The van der Waals surface area contributed by atoms with Crippen molar-refractivity contribution >= 4 is 29.4 Å². The first-order valence-electron chi connectivity index (χ1n) is 26.4. The molecule has 74 heavy (non-hydrogen) atoms. The van der Waals surface area contributed by atoms with Crippen molar-refractivity contribution in [3.63, 3.8) is 0 Å². The summed E-state index contributed by atoms with van der Waals surface area (Å²) in [4.78, 5) is 32.9. The number of rotatable bonds is 14. The van der Waals surface area contributed by atoms with Gasteiger partial charge in [-0.3, -0.25) is 14.7 Å². The lowest BCUT2D eigenvalue weighted by molar-refractivity contribution is -0.318. The van der Waals surface area contributed by atoms with Crippen LogP contribution in [0.3, 0.4) is 0 Å². The summed E-state index contributed by atoms with van der Waals surface area (Å²) in [6, 6.07) is 3.94. The Morgan fingerprint density at radius 3 is 2.28 bits per heavy atom. The summed E-state index contributed by atoms with van der Waals surface area (Å²) in [6.45, 7) is 19.6. The summed E-state index contributed by atoms with van der Waals surface area (Å²) in [7, 11) is 6.78. The molecular weight excluding hydrogens is 984 g/mol. The number of likely N-dealkylation sites (N-methyl/N-ethyl adjacent to an activating group) is 2. The zero-order valence-electron chi connectivity index (χ0n) is 46.0. The number of hydrogen-bond acceptors (Lipinski definition) is 20. The fraction of sp³-hybridized carbons (Fsp3) is 0.846. The number of aliphatic hydroxyl groups is 5. The van der Waals surface area contributed by atoms with Crippen LogP contribution in [0.1, 0.15) is 101 Å². The second-order valence-corrected chi connectivity index (χ2v) is 23.0. The Bertz CT molecular complexity index is 2060. The smallest absolute Gasteiger partial charge is 0.414 e. The number of nitrogens with zero attached hydrogens (tertiary/aromatic N) is 6. The quantitative estimate of drug-likeness (QED) is 0.162. The van der Waals surface area contributed by atoms with Crippen molar-refractivity contribution in [3.05, 3.63) is 23.2 Å². The highest BCUT2D eigenvalue weighted by atomic mass is 35.5. The third-order valence-electron chi connectivity index (χ3n) is 16.4. The molecule has 1 aromatic rings. The number of anilines is 1. The van der Waals surface area contributed by atoms with Crippen molar-refractivity contribution in [3.8, 4) is 5.75 Å². The van der Waals surface area contributed by atoms with Crippen molar-refractivity contribution in [2.24, 2.45) is 28.1 Å². The number of methoxy groups -OCH3 is 2. The number of esters is 1. The summed E-state index contributed by atoms with van der Waals surface area (Å²) < 4.78 is 49.3. The Hall–Kier alpha value is -3.03. The van der Waals surface area contributed by atoms with Gasteiger partial charge in [0, 0.05) is 50.3 Å². The Morgan fingerprint density at radius 1 is 0.932 bits per heavy atom. The molecule has 5 aliphatic heterocycles. The lowest BCUT2D eigenvalue weighted by Gasteiger charge is -2.49. The molecule has 1 amide bonds. The van der Waals surface area contributed by atoms with E-state index in [-0.39, 0.29) is 37.3 Å². The molecule has 5 aliphatic rings. The Kier molecular flexibility index (Phi) is 20.1. The molecule has 5 N–H and O–H groups in total. The second kappa shape index (κ2) is 24.7. The zero-order valence-corrected chi connectivity index (χ0v) is 46.8. The molecule has 0 spiro atoms. The maximum atomic E-state index is 14.5. The summed E-state index contributed by atoms with van der Waals surface area (Å²) in [5, 5.41) is 70.9. The number of carbonyl (C=O) groups is 2. The van der Waals surface area contributed by atoms with Crippen LogP contribution < -0.4 is 9.64 Å². The van der Waals surface area contributed by atoms with Gasteiger partial charge in [-0.2, -0.15) is 5.11 Å². The number of hydrogen-bond donors (Lipinski definition) is 5. The molecule has 5 heterocycles. The molecule has 22 heteroatoms. The average Bonchev–Trinajstić information content (AvgIpc) is 3.96. The molecule has 422 valence electrons. The first-order valence-corrected chi connectivity index (χ1v) is 26.8. The van der Waals surface area contributed by atoms with Crippen molar-refractivity contribution in [1.29, 1.82) is 0 Å². The van der Waals surface area contributed by atoms with Gasteiger partial charge in [-0.15, -0.1) is 0 Å². The van der Waals surface area contributed by atoms with Gasteiger partial charge in [0.2, 0.25) is 0 Å². The van der Waals surface area contributed by atoms with Crippen LogP contribution in [0.25, 0.3) is 0 Å². The first-order chi connectivity index (χ1) is 34.6. The van der Waals surface area contributed by atoms with E-state index in [1.165, 1.54) is 26.0 Å². The molecule has 0 radical (unpaired) electrons. The predicted octanol–water partition coefficient (Wildman–Crippen LogP) is 4.40. The maximum absolute atomic E-state index is 14.5. The molecule has 0 saturated carbocycles. The van der Waals surface area contributed by atoms with Gasteiger partial charge in [-0.05, 0) is 112 Å². The topological polar surface area (TPSA) is 247 Å². The maximum Gasteiger partial charge on any atom is 0.414 e. The number of aliphatic hydroxyl groups excluding tert-OH is 3. The van der Waals surface area contributed by atoms with Crippen LogP contribution >= 0.6 is 11.6 Å².